The highest BCUT2D eigenvalue weighted by Crippen LogP contribution is 2.40. The molecule has 174 valence electrons. The summed E-state index contributed by atoms with van der Waals surface area (Å²) in [6, 6.07) is 11.5. The standard InChI is InChI=1S/C26H25ClFN5O/c1-29-24-18-14-30-22(17-8-2-6-16-7-3-9-19(27)20(16)17)21(28)23(18)31-25(32-24)34-15-26-10-4-12-33(26)13-5-11-26/h2-3,6-9,14H,4-5,10-13,15H2,1H3,(H,29,31,32). The van der Waals surface area contributed by atoms with Crippen LogP contribution in [0.25, 0.3) is 32.9 Å². The van der Waals surface area contributed by atoms with Crippen LogP contribution in [0.1, 0.15) is 25.7 Å². The summed E-state index contributed by atoms with van der Waals surface area (Å²) in [5.74, 6) is -0.0312. The molecule has 0 radical (unpaired) electrons. The third-order valence-electron chi connectivity index (χ3n) is 7.29. The summed E-state index contributed by atoms with van der Waals surface area (Å²) in [6.45, 7) is 2.74. The minimum Gasteiger partial charge on any atom is -0.461 e. The Hall–Kier alpha value is -3.03. The Bertz CT molecular complexity index is 1400. The van der Waals surface area contributed by atoms with Gasteiger partial charge in [0.1, 0.15) is 23.6 Å². The van der Waals surface area contributed by atoms with Gasteiger partial charge < -0.3 is 10.1 Å². The molecule has 2 aromatic carbocycles. The summed E-state index contributed by atoms with van der Waals surface area (Å²) >= 11 is 6.49. The van der Waals surface area contributed by atoms with Gasteiger partial charge in [0, 0.05) is 29.2 Å². The van der Waals surface area contributed by atoms with Crippen LogP contribution in [0, 0.1) is 5.82 Å². The fraction of sp³-hybridized carbons (Fsp3) is 0.346. The summed E-state index contributed by atoms with van der Waals surface area (Å²) in [6.07, 6.45) is 6.20. The highest BCUT2D eigenvalue weighted by molar-refractivity contribution is 6.36. The average molecular weight is 478 g/mol. The summed E-state index contributed by atoms with van der Waals surface area (Å²) in [5, 5.41) is 5.78. The molecular weight excluding hydrogens is 453 g/mol. The molecular formula is C26H25ClFN5O. The molecule has 0 saturated carbocycles. The lowest BCUT2D eigenvalue weighted by Crippen LogP contribution is -2.43. The van der Waals surface area contributed by atoms with Crippen LogP contribution in [0.5, 0.6) is 6.01 Å². The maximum atomic E-state index is 16.0. The van der Waals surface area contributed by atoms with Crippen LogP contribution in [0.4, 0.5) is 10.2 Å². The smallest absolute Gasteiger partial charge is 0.319 e. The summed E-state index contributed by atoms with van der Waals surface area (Å²) in [7, 11) is 1.75. The van der Waals surface area contributed by atoms with Crippen molar-refractivity contribution in [3.05, 3.63) is 53.4 Å². The van der Waals surface area contributed by atoms with Crippen molar-refractivity contribution in [2.45, 2.75) is 31.2 Å². The second-order valence-electron chi connectivity index (χ2n) is 9.14. The molecule has 2 aliphatic rings. The van der Waals surface area contributed by atoms with Gasteiger partial charge in [-0.2, -0.15) is 9.97 Å². The lowest BCUT2D eigenvalue weighted by atomic mass is 9.95. The molecule has 4 aromatic rings. The SMILES string of the molecule is CNc1nc(OCC23CCCN2CCC3)nc2c(F)c(-c3cccc4cccc(Cl)c34)ncc12. The molecule has 0 unspecified atom stereocenters. The lowest BCUT2D eigenvalue weighted by Gasteiger charge is -2.31. The van der Waals surface area contributed by atoms with Crippen molar-refractivity contribution in [1.29, 1.82) is 0 Å². The van der Waals surface area contributed by atoms with Crippen LogP contribution < -0.4 is 10.1 Å². The molecule has 0 spiro atoms. The van der Waals surface area contributed by atoms with E-state index < -0.39 is 5.82 Å². The first-order chi connectivity index (χ1) is 16.6. The summed E-state index contributed by atoms with van der Waals surface area (Å²) in [4.78, 5) is 16.0. The fourth-order valence-electron chi connectivity index (χ4n) is 5.63. The molecule has 2 saturated heterocycles. The topological polar surface area (TPSA) is 63.2 Å². The van der Waals surface area contributed by atoms with E-state index in [0.717, 1.165) is 36.7 Å². The van der Waals surface area contributed by atoms with Crippen LogP contribution in [0.15, 0.2) is 42.6 Å². The number of anilines is 1. The maximum Gasteiger partial charge on any atom is 0.319 e. The molecule has 2 aromatic heterocycles. The van der Waals surface area contributed by atoms with E-state index in [-0.39, 0.29) is 22.8 Å². The van der Waals surface area contributed by atoms with Gasteiger partial charge in [-0.3, -0.25) is 9.88 Å². The minimum absolute atomic E-state index is 0.0553. The van der Waals surface area contributed by atoms with Crippen molar-refractivity contribution in [2.75, 3.05) is 32.1 Å². The molecule has 4 heterocycles. The second-order valence-corrected chi connectivity index (χ2v) is 9.55. The molecule has 2 fully saturated rings. The van der Waals surface area contributed by atoms with Gasteiger partial charge in [0.15, 0.2) is 5.82 Å². The van der Waals surface area contributed by atoms with E-state index >= 15 is 4.39 Å². The van der Waals surface area contributed by atoms with Crippen LogP contribution in [-0.4, -0.2) is 52.1 Å². The van der Waals surface area contributed by atoms with Crippen LogP contribution in [0.3, 0.4) is 0 Å². The Balaban J connectivity index is 1.44. The van der Waals surface area contributed by atoms with Gasteiger partial charge in [0.2, 0.25) is 0 Å². The number of halogens is 2. The number of nitrogens with zero attached hydrogens (tertiary/aromatic N) is 4. The zero-order chi connectivity index (χ0) is 23.3. The van der Waals surface area contributed by atoms with Crippen molar-refractivity contribution >= 4 is 39.1 Å². The Labute approximate surface area is 202 Å². The van der Waals surface area contributed by atoms with Gasteiger partial charge in [-0.05, 0) is 50.2 Å². The van der Waals surface area contributed by atoms with Crippen molar-refractivity contribution in [3.63, 3.8) is 0 Å². The van der Waals surface area contributed by atoms with E-state index in [9.17, 15) is 0 Å². The molecule has 2 aliphatic heterocycles. The number of nitrogens with one attached hydrogen (secondary N) is 1. The van der Waals surface area contributed by atoms with E-state index in [2.05, 4.69) is 25.2 Å². The normalized spacial score (nSPS) is 17.4. The first-order valence-corrected chi connectivity index (χ1v) is 12.1. The number of rotatable bonds is 5. The van der Waals surface area contributed by atoms with E-state index in [1.54, 1.807) is 19.3 Å². The van der Waals surface area contributed by atoms with Gasteiger partial charge >= 0.3 is 6.01 Å². The van der Waals surface area contributed by atoms with Crippen molar-refractivity contribution < 1.29 is 9.13 Å². The monoisotopic (exact) mass is 477 g/mol. The van der Waals surface area contributed by atoms with Crippen molar-refractivity contribution in [1.82, 2.24) is 19.9 Å². The number of hydrogen-bond donors (Lipinski definition) is 1. The van der Waals surface area contributed by atoms with Crippen LogP contribution in [-0.2, 0) is 0 Å². The van der Waals surface area contributed by atoms with Crippen LogP contribution >= 0.6 is 11.6 Å². The Morgan fingerprint density at radius 3 is 2.65 bits per heavy atom. The largest absolute Gasteiger partial charge is 0.461 e. The predicted molar refractivity (Wildman–Crippen MR) is 133 cm³/mol. The Morgan fingerprint density at radius 1 is 1.12 bits per heavy atom. The number of aromatic nitrogens is 3. The molecule has 34 heavy (non-hydrogen) atoms. The molecule has 0 atom stereocenters. The van der Waals surface area contributed by atoms with Gasteiger partial charge in [-0.1, -0.05) is 41.9 Å². The maximum absolute atomic E-state index is 16.0. The highest BCUT2D eigenvalue weighted by atomic mass is 35.5. The van der Waals surface area contributed by atoms with Gasteiger partial charge in [0.05, 0.1) is 10.9 Å². The number of pyridine rings is 1. The summed E-state index contributed by atoms with van der Waals surface area (Å²) in [5.41, 5.74) is 1.06. The third-order valence-corrected chi connectivity index (χ3v) is 7.61. The predicted octanol–water partition coefficient (Wildman–Crippen LogP) is 5.69. The quantitative estimate of drug-likeness (QED) is 0.398. The molecule has 0 amide bonds. The minimum atomic E-state index is -0.518. The number of benzene rings is 2. The zero-order valence-corrected chi connectivity index (χ0v) is 19.7. The van der Waals surface area contributed by atoms with E-state index in [0.29, 0.717) is 28.4 Å². The molecule has 8 heteroatoms. The Kier molecular flexibility index (Phi) is 5.26. The van der Waals surface area contributed by atoms with Gasteiger partial charge in [-0.15, -0.1) is 0 Å². The molecule has 0 bridgehead atoms. The first-order valence-electron chi connectivity index (χ1n) is 11.7. The molecule has 6 nitrogen and oxygen atoms in total. The molecule has 1 N–H and O–H groups in total. The first kappa shape index (κ1) is 21.5. The Morgan fingerprint density at radius 2 is 1.88 bits per heavy atom. The van der Waals surface area contributed by atoms with Gasteiger partial charge in [-0.25, -0.2) is 4.39 Å². The molecule has 6 rings (SSSR count). The zero-order valence-electron chi connectivity index (χ0n) is 18.9. The highest BCUT2D eigenvalue weighted by Gasteiger charge is 2.45. The summed E-state index contributed by atoms with van der Waals surface area (Å²) < 4.78 is 22.1. The average Bonchev–Trinajstić information content (AvgIpc) is 3.43. The van der Waals surface area contributed by atoms with Crippen molar-refractivity contribution in [2.24, 2.45) is 0 Å². The van der Waals surface area contributed by atoms with E-state index in [4.69, 9.17) is 16.3 Å². The fourth-order valence-corrected chi connectivity index (χ4v) is 5.92. The third kappa shape index (κ3) is 3.37. The van der Waals surface area contributed by atoms with Crippen LogP contribution in [0.2, 0.25) is 5.02 Å². The van der Waals surface area contributed by atoms with Gasteiger partial charge in [0.25, 0.3) is 0 Å². The lowest BCUT2D eigenvalue weighted by molar-refractivity contribution is 0.108. The second kappa shape index (κ2) is 8.32. The molecule has 0 aliphatic carbocycles. The number of hydrogen-bond acceptors (Lipinski definition) is 6. The van der Waals surface area contributed by atoms with E-state index in [1.807, 2.05) is 30.3 Å². The van der Waals surface area contributed by atoms with E-state index in [1.165, 1.54) is 12.8 Å². The number of ether oxygens (including phenoxy) is 1. The number of fused-ring (bicyclic) bond motifs is 3. The van der Waals surface area contributed by atoms with Crippen molar-refractivity contribution in [3.8, 4) is 17.3 Å².